The maximum Gasteiger partial charge on any atom is 0.181 e. The number of hydrogen-bond donors (Lipinski definition) is 2. The molecule has 0 radical (unpaired) electrons. The van der Waals surface area contributed by atoms with E-state index in [1.54, 1.807) is 18.2 Å². The fourth-order valence-electron chi connectivity index (χ4n) is 3.83. The largest absolute Gasteiger partial charge is 0.504 e. The maximum atomic E-state index is 11.7. The number of fused-ring (bicyclic) bond motifs is 2. The number of rotatable bonds is 1. The van der Waals surface area contributed by atoms with Gasteiger partial charge in [0.05, 0.1) is 12.5 Å². The minimum atomic E-state index is -1.00. The summed E-state index contributed by atoms with van der Waals surface area (Å²) in [4.78, 5) is 11.7. The van der Waals surface area contributed by atoms with Gasteiger partial charge in [-0.3, -0.25) is 4.79 Å². The van der Waals surface area contributed by atoms with E-state index in [2.05, 4.69) is 0 Å². The SMILES string of the molecule is COc1cc2c(cc1O)CC1(O)COC3=CC(=O)C=CC32C1. The molecule has 1 heterocycles. The zero-order valence-electron chi connectivity index (χ0n) is 12.1. The summed E-state index contributed by atoms with van der Waals surface area (Å²) in [5.41, 5.74) is 0.0766. The number of aliphatic hydroxyl groups is 1. The van der Waals surface area contributed by atoms with Crippen molar-refractivity contribution in [3.8, 4) is 11.5 Å². The average molecular weight is 300 g/mol. The highest BCUT2D eigenvalue weighted by Gasteiger charge is 2.54. The molecule has 4 rings (SSSR count). The molecule has 2 bridgehead atoms. The van der Waals surface area contributed by atoms with Gasteiger partial charge in [0.25, 0.3) is 0 Å². The summed E-state index contributed by atoms with van der Waals surface area (Å²) in [5, 5.41) is 20.8. The van der Waals surface area contributed by atoms with Crippen LogP contribution < -0.4 is 4.74 Å². The van der Waals surface area contributed by atoms with Crippen LogP contribution in [-0.4, -0.2) is 35.3 Å². The van der Waals surface area contributed by atoms with Crippen LogP contribution in [0.4, 0.5) is 0 Å². The van der Waals surface area contributed by atoms with Crippen LogP contribution in [0, 0.1) is 0 Å². The summed E-state index contributed by atoms with van der Waals surface area (Å²) in [7, 11) is 1.49. The Balaban J connectivity index is 1.99. The maximum absolute atomic E-state index is 11.7. The van der Waals surface area contributed by atoms with Crippen molar-refractivity contribution >= 4 is 5.78 Å². The lowest BCUT2D eigenvalue weighted by molar-refractivity contribution is -0.113. The zero-order valence-corrected chi connectivity index (χ0v) is 12.1. The first-order chi connectivity index (χ1) is 10.5. The van der Waals surface area contributed by atoms with Crippen LogP contribution >= 0.6 is 0 Å². The molecule has 2 N–H and O–H groups in total. The van der Waals surface area contributed by atoms with E-state index in [0.717, 1.165) is 11.1 Å². The van der Waals surface area contributed by atoms with Gasteiger partial charge in [0, 0.05) is 18.9 Å². The summed E-state index contributed by atoms with van der Waals surface area (Å²) in [6.07, 6.45) is 5.64. The number of ether oxygens (including phenoxy) is 2. The van der Waals surface area contributed by atoms with Crippen molar-refractivity contribution in [2.24, 2.45) is 0 Å². The molecule has 1 aliphatic heterocycles. The van der Waals surface area contributed by atoms with Gasteiger partial charge in [-0.15, -0.1) is 0 Å². The molecule has 3 aliphatic rings. The molecule has 0 aromatic heterocycles. The molecule has 2 aliphatic carbocycles. The lowest BCUT2D eigenvalue weighted by Gasteiger charge is -2.50. The first kappa shape index (κ1) is 13.4. The molecule has 1 fully saturated rings. The predicted molar refractivity (Wildman–Crippen MR) is 77.8 cm³/mol. The molecular weight excluding hydrogens is 284 g/mol. The van der Waals surface area contributed by atoms with Crippen LogP contribution in [0.1, 0.15) is 17.5 Å². The van der Waals surface area contributed by atoms with Crippen LogP contribution in [0.15, 0.2) is 36.1 Å². The molecule has 0 amide bonds. The van der Waals surface area contributed by atoms with E-state index in [4.69, 9.17) is 9.47 Å². The predicted octanol–water partition coefficient (Wildman–Crippen LogP) is 1.37. The van der Waals surface area contributed by atoms with Crippen molar-refractivity contribution in [3.05, 3.63) is 47.2 Å². The molecule has 1 spiro atoms. The van der Waals surface area contributed by atoms with Gasteiger partial charge in [0.1, 0.15) is 18.0 Å². The number of methoxy groups -OCH3 is 1. The first-order valence-electron chi connectivity index (χ1n) is 7.17. The third-order valence-electron chi connectivity index (χ3n) is 4.75. The van der Waals surface area contributed by atoms with Crippen LogP contribution in [-0.2, 0) is 21.4 Å². The van der Waals surface area contributed by atoms with Crippen LogP contribution in [0.2, 0.25) is 0 Å². The molecule has 2 unspecified atom stereocenters. The minimum absolute atomic E-state index is 0.0449. The van der Waals surface area contributed by atoms with Gasteiger partial charge in [-0.2, -0.15) is 0 Å². The molecule has 2 atom stereocenters. The summed E-state index contributed by atoms with van der Waals surface area (Å²) >= 11 is 0. The standard InChI is InChI=1S/C17H16O5/c1-21-14-6-12-10(4-13(14)19)7-16(20)8-17(12)3-2-11(18)5-15(17)22-9-16/h2-6,19-20H,7-9H2,1H3. The van der Waals surface area contributed by atoms with Gasteiger partial charge in [-0.05, 0) is 29.3 Å². The fourth-order valence-corrected chi connectivity index (χ4v) is 3.83. The number of allylic oxidation sites excluding steroid dienone is 3. The Morgan fingerprint density at radius 3 is 2.95 bits per heavy atom. The third kappa shape index (κ3) is 1.66. The second kappa shape index (κ2) is 4.14. The Morgan fingerprint density at radius 1 is 1.36 bits per heavy atom. The first-order valence-corrected chi connectivity index (χ1v) is 7.17. The number of carbonyl (C=O) groups is 1. The lowest BCUT2D eigenvalue weighted by atomic mass is 9.60. The molecule has 0 saturated carbocycles. The monoisotopic (exact) mass is 300 g/mol. The van der Waals surface area contributed by atoms with Gasteiger partial charge in [-0.1, -0.05) is 6.08 Å². The van der Waals surface area contributed by atoms with E-state index in [9.17, 15) is 15.0 Å². The Morgan fingerprint density at radius 2 is 2.18 bits per heavy atom. The van der Waals surface area contributed by atoms with Gasteiger partial charge in [-0.25, -0.2) is 0 Å². The van der Waals surface area contributed by atoms with Gasteiger partial charge in [0.15, 0.2) is 17.3 Å². The summed E-state index contributed by atoms with van der Waals surface area (Å²) in [6, 6.07) is 3.40. The Hall–Kier alpha value is -2.27. The Bertz CT molecular complexity index is 748. The Labute approximate surface area is 127 Å². The number of aromatic hydroxyl groups is 1. The normalized spacial score (nSPS) is 31.7. The van der Waals surface area contributed by atoms with Crippen molar-refractivity contribution in [1.82, 2.24) is 0 Å². The number of carbonyl (C=O) groups excluding carboxylic acids is 1. The van der Waals surface area contributed by atoms with E-state index in [0.29, 0.717) is 24.4 Å². The smallest absolute Gasteiger partial charge is 0.181 e. The van der Waals surface area contributed by atoms with Crippen LogP contribution in [0.3, 0.4) is 0 Å². The summed E-state index contributed by atoms with van der Waals surface area (Å²) in [5.74, 6) is 0.847. The molecule has 5 nitrogen and oxygen atoms in total. The molecule has 5 heteroatoms. The third-order valence-corrected chi connectivity index (χ3v) is 4.75. The van der Waals surface area contributed by atoms with Crippen molar-refractivity contribution in [3.63, 3.8) is 0 Å². The average Bonchev–Trinajstić information content (AvgIpc) is 2.47. The number of phenols is 1. The lowest BCUT2D eigenvalue weighted by Crippen LogP contribution is -2.54. The Kier molecular flexibility index (Phi) is 2.52. The van der Waals surface area contributed by atoms with E-state index in [1.807, 2.05) is 0 Å². The summed E-state index contributed by atoms with van der Waals surface area (Å²) < 4.78 is 10.9. The molecule has 1 aromatic carbocycles. The van der Waals surface area contributed by atoms with Gasteiger partial charge in [0.2, 0.25) is 0 Å². The zero-order chi connectivity index (χ0) is 15.5. The van der Waals surface area contributed by atoms with Crippen molar-refractivity contribution < 1.29 is 24.5 Å². The van der Waals surface area contributed by atoms with Gasteiger partial charge < -0.3 is 19.7 Å². The van der Waals surface area contributed by atoms with Gasteiger partial charge >= 0.3 is 0 Å². The highest BCUT2D eigenvalue weighted by molar-refractivity contribution is 6.01. The second-order valence-electron chi connectivity index (χ2n) is 6.26. The quantitative estimate of drug-likeness (QED) is 0.819. The highest BCUT2D eigenvalue weighted by Crippen LogP contribution is 2.53. The van der Waals surface area contributed by atoms with Crippen molar-refractivity contribution in [2.45, 2.75) is 23.9 Å². The molecular formula is C17H16O5. The van der Waals surface area contributed by atoms with Crippen LogP contribution in [0.5, 0.6) is 11.5 Å². The van der Waals surface area contributed by atoms with Crippen molar-refractivity contribution in [2.75, 3.05) is 13.7 Å². The van der Waals surface area contributed by atoms with Crippen LogP contribution in [0.25, 0.3) is 0 Å². The number of benzene rings is 1. The highest BCUT2D eigenvalue weighted by atomic mass is 16.5. The molecule has 1 aromatic rings. The fraction of sp³-hybridized carbons (Fsp3) is 0.353. The van der Waals surface area contributed by atoms with E-state index >= 15 is 0 Å². The van der Waals surface area contributed by atoms with E-state index in [-0.39, 0.29) is 18.1 Å². The van der Waals surface area contributed by atoms with E-state index in [1.165, 1.54) is 19.3 Å². The van der Waals surface area contributed by atoms with Crippen molar-refractivity contribution in [1.29, 1.82) is 0 Å². The number of hydrogen-bond acceptors (Lipinski definition) is 5. The number of phenolic OH excluding ortho intramolecular Hbond substituents is 1. The number of ketones is 1. The second-order valence-corrected chi connectivity index (χ2v) is 6.26. The van der Waals surface area contributed by atoms with E-state index < -0.39 is 11.0 Å². The summed E-state index contributed by atoms with van der Waals surface area (Å²) in [6.45, 7) is 0.147. The molecule has 22 heavy (non-hydrogen) atoms. The molecule has 114 valence electrons. The minimum Gasteiger partial charge on any atom is -0.504 e. The topological polar surface area (TPSA) is 76.0 Å². The molecule has 1 saturated heterocycles.